The Morgan fingerprint density at radius 3 is 1.25 bits per heavy atom. The van der Waals surface area contributed by atoms with Crippen molar-refractivity contribution in [1.29, 1.82) is 0 Å². The van der Waals surface area contributed by atoms with Crippen LogP contribution in [0.25, 0.3) is 0 Å². The first-order chi connectivity index (χ1) is 0. The molecule has 0 saturated carbocycles. The summed E-state index contributed by atoms with van der Waals surface area (Å²) in [7, 11) is 0. The third kappa shape index (κ3) is 8.82. The second-order valence-electron chi connectivity index (χ2n) is 0. The number of hydrogen-bond donors (Lipinski definition) is 0. The molecule has 0 aliphatic rings. The maximum atomic E-state index is 0. The van der Waals surface area contributed by atoms with E-state index in [1.165, 1.54) is 0 Å². The van der Waals surface area contributed by atoms with Crippen LogP contribution in [0.5, 0.6) is 0 Å². The first-order valence-electron chi connectivity index (χ1n) is 0. The first kappa shape index (κ1) is 30.6. The molecule has 4 heteroatoms. The fourth-order valence-electron chi connectivity index (χ4n) is 0. The van der Waals surface area contributed by atoms with Crippen molar-refractivity contribution < 1.29 is 61.9 Å². The molecule has 0 N–H and O–H groups in total. The molecule has 0 fully saturated rings. The van der Waals surface area contributed by atoms with Crippen LogP contribution in [-0.2, 0) is 38.8 Å². The zero-order chi connectivity index (χ0) is 0. The molecule has 0 heterocycles. The number of hydrogen-bond acceptors (Lipinski definition) is 0. The second-order valence-corrected chi connectivity index (χ2v) is 0. The summed E-state index contributed by atoms with van der Waals surface area (Å²) in [6, 6.07) is 0. The predicted molar refractivity (Wildman–Crippen MR) is 9.09 cm³/mol. The zero-order valence-electron chi connectivity index (χ0n) is 5.59. The maximum Gasteiger partial charge on any atom is 2.00 e. The van der Waals surface area contributed by atoms with Gasteiger partial charge in [-0.05, 0) is 0 Å². The number of rotatable bonds is 0. The molecule has 0 aromatic rings. The minimum Gasteiger partial charge on any atom is -1.00 e. The van der Waals surface area contributed by atoms with Gasteiger partial charge in [0.25, 0.3) is 0 Å². The average Bonchev–Trinajstić information content (AvgIpc) is 0. The summed E-state index contributed by atoms with van der Waals surface area (Å²) in [6.07, 6.45) is 0. The Kier molecular flexibility index (Phi) is 134. The largest absolute Gasteiger partial charge is 2.00 e. The molecular weight excluding hydrogens is 134 g/mol. The van der Waals surface area contributed by atoms with Gasteiger partial charge in [0.1, 0.15) is 0 Å². The minimum absolute atomic E-state index is 0. The molecule has 0 nitrogen and oxygen atoms in total. The van der Waals surface area contributed by atoms with E-state index in [1.807, 2.05) is 0 Å². The van der Waals surface area contributed by atoms with E-state index >= 15 is 0 Å². The van der Waals surface area contributed by atoms with Crippen molar-refractivity contribution in [1.82, 2.24) is 0 Å². The molecule has 17 valence electrons. The van der Waals surface area contributed by atoms with E-state index in [2.05, 4.69) is 0 Å². The molecule has 0 saturated heterocycles. The topological polar surface area (TPSA) is 0 Å². The SMILES string of the molecule is [H-].[H-].[H-].[Li+].[Mg+2].[Mn].[Ti]. The Labute approximate surface area is 84.0 Å². The van der Waals surface area contributed by atoms with Gasteiger partial charge in [0.15, 0.2) is 0 Å². The summed E-state index contributed by atoms with van der Waals surface area (Å²) >= 11 is 0. The summed E-state index contributed by atoms with van der Waals surface area (Å²) in [5.41, 5.74) is 0. The van der Waals surface area contributed by atoms with E-state index in [1.54, 1.807) is 0 Å². The van der Waals surface area contributed by atoms with Crippen molar-refractivity contribution in [2.75, 3.05) is 0 Å². The molecule has 0 unspecified atom stereocenters. The summed E-state index contributed by atoms with van der Waals surface area (Å²) in [6.45, 7) is 0. The van der Waals surface area contributed by atoms with Crippen molar-refractivity contribution in [3.8, 4) is 0 Å². The van der Waals surface area contributed by atoms with Crippen LogP contribution < -0.4 is 18.9 Å². The van der Waals surface area contributed by atoms with E-state index < -0.39 is 0 Å². The van der Waals surface area contributed by atoms with Crippen LogP contribution in [0, 0.1) is 0 Å². The van der Waals surface area contributed by atoms with E-state index in [0.717, 1.165) is 0 Å². The van der Waals surface area contributed by atoms with Crippen molar-refractivity contribution in [2.45, 2.75) is 0 Å². The molecular formula is H3LiMgMnTi. The van der Waals surface area contributed by atoms with Crippen LogP contribution in [0.15, 0.2) is 0 Å². The quantitative estimate of drug-likeness (QED) is 0.311. The minimum atomic E-state index is 0. The fraction of sp³-hybridized carbons (Fsp3) is 0. The van der Waals surface area contributed by atoms with Gasteiger partial charge in [-0.15, -0.1) is 0 Å². The molecule has 0 spiro atoms. The van der Waals surface area contributed by atoms with Crippen molar-refractivity contribution in [3.05, 3.63) is 0 Å². The summed E-state index contributed by atoms with van der Waals surface area (Å²) < 4.78 is 0. The molecule has 0 aromatic carbocycles. The van der Waals surface area contributed by atoms with Crippen LogP contribution in [0.3, 0.4) is 0 Å². The third-order valence-electron chi connectivity index (χ3n) is 0. The van der Waals surface area contributed by atoms with Gasteiger partial charge in [-0.2, -0.15) is 0 Å². The van der Waals surface area contributed by atoms with Gasteiger partial charge in [-0.3, -0.25) is 0 Å². The second kappa shape index (κ2) is 17.5. The molecule has 0 bridgehead atoms. The molecule has 1 radical (unpaired) electrons. The molecule has 0 aliphatic carbocycles. The van der Waals surface area contributed by atoms with Crippen LogP contribution in [0.4, 0.5) is 0 Å². The van der Waals surface area contributed by atoms with Crippen LogP contribution >= 0.6 is 0 Å². The van der Waals surface area contributed by atoms with Crippen molar-refractivity contribution in [2.24, 2.45) is 0 Å². The third-order valence-corrected chi connectivity index (χ3v) is 0. The van der Waals surface area contributed by atoms with Gasteiger partial charge in [0.05, 0.1) is 0 Å². The summed E-state index contributed by atoms with van der Waals surface area (Å²) in [4.78, 5) is 0. The van der Waals surface area contributed by atoms with E-state index in [-0.39, 0.29) is 85.0 Å². The van der Waals surface area contributed by atoms with E-state index in [0.29, 0.717) is 0 Å². The Bertz CT molecular complexity index is 14.9. The standard InChI is InChI=1S/Li.Mg.Mn.Ti.3H/q+1;+2;;;3*-1. The van der Waals surface area contributed by atoms with Crippen LogP contribution in [-0.4, -0.2) is 23.1 Å². The van der Waals surface area contributed by atoms with Crippen molar-refractivity contribution in [3.63, 3.8) is 0 Å². The normalized spacial score (nSPS) is 0. The summed E-state index contributed by atoms with van der Waals surface area (Å²) in [5.74, 6) is 0. The Hall–Kier alpha value is 2.60. The molecule has 0 aliphatic heterocycles. The fourth-order valence-corrected chi connectivity index (χ4v) is 0. The monoisotopic (exact) mass is 137 g/mol. The summed E-state index contributed by atoms with van der Waals surface area (Å²) in [5, 5.41) is 0. The Morgan fingerprint density at radius 2 is 1.25 bits per heavy atom. The molecule has 0 rings (SSSR count). The Morgan fingerprint density at radius 1 is 1.25 bits per heavy atom. The Balaban J connectivity index is 0. The molecule has 0 atom stereocenters. The first-order valence-corrected chi connectivity index (χ1v) is 0. The van der Waals surface area contributed by atoms with Crippen LogP contribution in [0.2, 0.25) is 0 Å². The van der Waals surface area contributed by atoms with E-state index in [4.69, 9.17) is 0 Å². The van der Waals surface area contributed by atoms with Gasteiger partial charge in [-0.1, -0.05) is 0 Å². The van der Waals surface area contributed by atoms with Crippen LogP contribution in [0.1, 0.15) is 4.28 Å². The predicted octanol–water partition coefficient (Wildman–Crippen LogP) is -3.04. The van der Waals surface area contributed by atoms with E-state index in [9.17, 15) is 0 Å². The zero-order valence-corrected chi connectivity index (χ0v) is 6.74. The van der Waals surface area contributed by atoms with Gasteiger partial charge in [0, 0.05) is 38.8 Å². The van der Waals surface area contributed by atoms with Gasteiger partial charge >= 0.3 is 41.9 Å². The maximum absolute atomic E-state index is 0. The van der Waals surface area contributed by atoms with Gasteiger partial charge in [0.2, 0.25) is 0 Å². The average molecular weight is 137 g/mol. The molecule has 4 heavy (non-hydrogen) atoms. The van der Waals surface area contributed by atoms with Crippen molar-refractivity contribution >= 4 is 23.1 Å². The smallest absolute Gasteiger partial charge is 1.00 e. The molecule has 0 aromatic heterocycles. The molecule has 0 amide bonds. The van der Waals surface area contributed by atoms with Gasteiger partial charge < -0.3 is 4.28 Å². The van der Waals surface area contributed by atoms with Gasteiger partial charge in [-0.25, -0.2) is 0 Å².